The van der Waals surface area contributed by atoms with Crippen LogP contribution in [0.1, 0.15) is 47.2 Å². The van der Waals surface area contributed by atoms with Crippen molar-refractivity contribution in [2.24, 2.45) is 0 Å². The van der Waals surface area contributed by atoms with E-state index in [4.69, 9.17) is 4.98 Å². The second kappa shape index (κ2) is 8.95. The number of benzene rings is 1. The van der Waals surface area contributed by atoms with Gasteiger partial charge in [-0.3, -0.25) is 9.69 Å². The molecule has 1 amide bonds. The second-order valence-corrected chi connectivity index (χ2v) is 9.05. The zero-order valence-corrected chi connectivity index (χ0v) is 19.0. The molecule has 0 bridgehead atoms. The lowest BCUT2D eigenvalue weighted by Crippen LogP contribution is -2.49. The molecule has 1 aliphatic heterocycles. The number of amides is 1. The molecule has 0 unspecified atom stereocenters. The van der Waals surface area contributed by atoms with E-state index in [1.54, 1.807) is 10.9 Å². The van der Waals surface area contributed by atoms with Crippen molar-refractivity contribution in [1.29, 1.82) is 0 Å². The SMILES string of the molecule is O=C(c1ccc(-n2nnc3cccnc32)cc1)N(c1nccc2c1CCCC2)[C@@H]1CCCNC1. The van der Waals surface area contributed by atoms with Crippen LogP contribution in [0.25, 0.3) is 16.9 Å². The van der Waals surface area contributed by atoms with Gasteiger partial charge in [0.25, 0.3) is 5.91 Å². The van der Waals surface area contributed by atoms with Crippen molar-refractivity contribution in [3.05, 3.63) is 71.5 Å². The summed E-state index contributed by atoms with van der Waals surface area (Å²) in [7, 11) is 0. The van der Waals surface area contributed by atoms with Gasteiger partial charge in [0.15, 0.2) is 5.65 Å². The smallest absolute Gasteiger partial charge is 0.259 e. The van der Waals surface area contributed by atoms with Gasteiger partial charge in [-0.25, -0.2) is 9.97 Å². The summed E-state index contributed by atoms with van der Waals surface area (Å²) < 4.78 is 1.70. The number of pyridine rings is 2. The number of piperidine rings is 1. The van der Waals surface area contributed by atoms with E-state index in [-0.39, 0.29) is 11.9 Å². The van der Waals surface area contributed by atoms with Crippen LogP contribution in [0.4, 0.5) is 5.82 Å². The molecule has 4 aromatic rings. The first-order valence-corrected chi connectivity index (χ1v) is 12.1. The zero-order valence-electron chi connectivity index (χ0n) is 19.0. The Morgan fingerprint density at radius 3 is 2.74 bits per heavy atom. The largest absolute Gasteiger partial charge is 0.315 e. The van der Waals surface area contributed by atoms with Crippen molar-refractivity contribution in [3.8, 4) is 5.69 Å². The molecule has 1 N–H and O–H groups in total. The molecule has 0 radical (unpaired) electrons. The molecule has 0 saturated carbocycles. The Morgan fingerprint density at radius 2 is 1.88 bits per heavy atom. The van der Waals surface area contributed by atoms with Crippen LogP contribution in [0.5, 0.6) is 0 Å². The van der Waals surface area contributed by atoms with Crippen LogP contribution in [0.15, 0.2) is 54.9 Å². The molecule has 6 rings (SSSR count). The molecule has 8 nitrogen and oxygen atoms in total. The minimum Gasteiger partial charge on any atom is -0.315 e. The van der Waals surface area contributed by atoms with E-state index in [1.807, 2.05) is 47.5 Å². The topological polar surface area (TPSA) is 88.8 Å². The summed E-state index contributed by atoms with van der Waals surface area (Å²) in [6, 6.07) is 13.5. The maximum absolute atomic E-state index is 14.0. The Bertz CT molecular complexity index is 1320. The van der Waals surface area contributed by atoms with Gasteiger partial charge in [0.05, 0.1) is 11.7 Å². The van der Waals surface area contributed by atoms with Crippen molar-refractivity contribution in [2.45, 2.75) is 44.6 Å². The van der Waals surface area contributed by atoms with Crippen molar-refractivity contribution >= 4 is 22.9 Å². The molecule has 34 heavy (non-hydrogen) atoms. The van der Waals surface area contributed by atoms with Crippen molar-refractivity contribution < 1.29 is 4.79 Å². The number of anilines is 1. The molecular formula is C26H27N7O. The van der Waals surface area contributed by atoms with E-state index in [0.717, 1.165) is 62.2 Å². The first-order chi connectivity index (χ1) is 16.8. The predicted molar refractivity (Wildman–Crippen MR) is 130 cm³/mol. The molecule has 3 aromatic heterocycles. The number of aryl methyl sites for hydroxylation is 1. The highest BCUT2D eigenvalue weighted by Crippen LogP contribution is 2.32. The fourth-order valence-corrected chi connectivity index (χ4v) is 5.16. The highest BCUT2D eigenvalue weighted by Gasteiger charge is 2.31. The van der Waals surface area contributed by atoms with E-state index in [2.05, 4.69) is 26.7 Å². The van der Waals surface area contributed by atoms with Gasteiger partial charge in [-0.1, -0.05) is 5.21 Å². The van der Waals surface area contributed by atoms with Crippen LogP contribution >= 0.6 is 0 Å². The number of carbonyl (C=O) groups is 1. The van der Waals surface area contributed by atoms with Gasteiger partial charge in [0, 0.05) is 24.5 Å². The van der Waals surface area contributed by atoms with E-state index >= 15 is 0 Å². The third-order valence-corrected chi connectivity index (χ3v) is 6.90. The molecule has 172 valence electrons. The number of nitrogens with one attached hydrogen (secondary N) is 1. The van der Waals surface area contributed by atoms with Crippen molar-refractivity contribution in [2.75, 3.05) is 18.0 Å². The Labute approximate surface area is 198 Å². The Hall–Kier alpha value is -3.65. The number of hydrogen-bond donors (Lipinski definition) is 1. The van der Waals surface area contributed by atoms with Crippen LogP contribution in [-0.4, -0.2) is 50.0 Å². The molecule has 2 aliphatic rings. The summed E-state index contributed by atoms with van der Waals surface area (Å²) in [5.74, 6) is 0.833. The van der Waals surface area contributed by atoms with Gasteiger partial charge in [0.1, 0.15) is 11.3 Å². The van der Waals surface area contributed by atoms with Gasteiger partial charge in [-0.2, -0.15) is 4.68 Å². The number of hydrogen-bond acceptors (Lipinski definition) is 6. The Balaban J connectivity index is 1.36. The van der Waals surface area contributed by atoms with Crippen LogP contribution in [0, 0.1) is 0 Å². The summed E-state index contributed by atoms with van der Waals surface area (Å²) in [4.78, 5) is 25.1. The highest BCUT2D eigenvalue weighted by atomic mass is 16.2. The molecule has 1 saturated heterocycles. The third kappa shape index (κ3) is 3.74. The number of carbonyl (C=O) groups excluding carboxylic acids is 1. The number of fused-ring (bicyclic) bond motifs is 2. The van der Waals surface area contributed by atoms with Gasteiger partial charge in [-0.05, 0) is 98.7 Å². The maximum atomic E-state index is 14.0. The zero-order chi connectivity index (χ0) is 22.9. The third-order valence-electron chi connectivity index (χ3n) is 6.90. The van der Waals surface area contributed by atoms with Crippen LogP contribution < -0.4 is 10.2 Å². The number of nitrogens with zero attached hydrogens (tertiary/aromatic N) is 6. The van der Waals surface area contributed by atoms with E-state index < -0.39 is 0 Å². The minimum atomic E-state index is -0.00621. The first kappa shape index (κ1) is 20.9. The van der Waals surface area contributed by atoms with Crippen molar-refractivity contribution in [3.63, 3.8) is 0 Å². The van der Waals surface area contributed by atoms with Crippen LogP contribution in [-0.2, 0) is 12.8 Å². The molecule has 1 aliphatic carbocycles. The molecule has 1 fully saturated rings. The van der Waals surface area contributed by atoms with Gasteiger partial charge in [0.2, 0.25) is 0 Å². The fourth-order valence-electron chi connectivity index (χ4n) is 5.16. The van der Waals surface area contributed by atoms with Gasteiger partial charge < -0.3 is 5.32 Å². The maximum Gasteiger partial charge on any atom is 0.259 e. The highest BCUT2D eigenvalue weighted by molar-refractivity contribution is 6.06. The Kier molecular flexibility index (Phi) is 5.50. The normalized spacial score (nSPS) is 17.9. The lowest BCUT2D eigenvalue weighted by molar-refractivity contribution is 0.0971. The van der Waals surface area contributed by atoms with E-state index in [9.17, 15) is 4.79 Å². The van der Waals surface area contributed by atoms with Crippen LogP contribution in [0.3, 0.4) is 0 Å². The number of aromatic nitrogens is 5. The molecule has 1 aromatic carbocycles. The summed E-state index contributed by atoms with van der Waals surface area (Å²) in [5.41, 5.74) is 5.46. The minimum absolute atomic E-state index is 0.00621. The lowest BCUT2D eigenvalue weighted by Gasteiger charge is -2.36. The van der Waals surface area contributed by atoms with E-state index in [0.29, 0.717) is 11.2 Å². The Morgan fingerprint density at radius 1 is 1.00 bits per heavy atom. The summed E-state index contributed by atoms with van der Waals surface area (Å²) >= 11 is 0. The summed E-state index contributed by atoms with van der Waals surface area (Å²) in [5, 5.41) is 11.9. The molecular weight excluding hydrogens is 426 g/mol. The molecule has 4 heterocycles. The first-order valence-electron chi connectivity index (χ1n) is 12.1. The quantitative estimate of drug-likeness (QED) is 0.509. The van der Waals surface area contributed by atoms with Crippen molar-refractivity contribution in [1.82, 2.24) is 30.3 Å². The standard InChI is InChI=1S/C26H27N7O/c34-26(19-9-11-20(12-10-19)33-25-23(30-31-33)8-4-15-28-25)32(21-6-3-14-27-17-21)24-22-7-2-1-5-18(22)13-16-29-24/h4,8-13,15-16,21,27H,1-3,5-7,14,17H2/t21-/m1/s1. The summed E-state index contributed by atoms with van der Waals surface area (Å²) in [6.45, 7) is 1.78. The molecule has 1 atom stereocenters. The fraction of sp³-hybridized carbons (Fsp3) is 0.346. The lowest BCUT2D eigenvalue weighted by atomic mass is 9.91. The van der Waals surface area contributed by atoms with E-state index in [1.165, 1.54) is 17.5 Å². The molecule has 8 heteroatoms. The second-order valence-electron chi connectivity index (χ2n) is 9.05. The number of rotatable bonds is 4. The monoisotopic (exact) mass is 453 g/mol. The average molecular weight is 454 g/mol. The predicted octanol–water partition coefficient (Wildman–Crippen LogP) is 3.49. The summed E-state index contributed by atoms with van der Waals surface area (Å²) in [6.07, 6.45) is 9.99. The average Bonchev–Trinajstić information content (AvgIpc) is 3.34. The molecule has 0 spiro atoms. The van der Waals surface area contributed by atoms with Gasteiger partial charge in [-0.15, -0.1) is 5.10 Å². The van der Waals surface area contributed by atoms with Crippen LogP contribution in [0.2, 0.25) is 0 Å². The van der Waals surface area contributed by atoms with Gasteiger partial charge >= 0.3 is 0 Å².